The maximum Gasteiger partial charge on any atom is 0.174 e. The van der Waals surface area contributed by atoms with E-state index in [4.69, 9.17) is 0 Å². The molecule has 0 saturated heterocycles. The fraction of sp³-hybridized carbons (Fsp3) is 0.0714. The molecule has 18 heteroatoms. The van der Waals surface area contributed by atoms with Gasteiger partial charge in [-0.05, 0) is 99.9 Å². The van der Waals surface area contributed by atoms with Gasteiger partial charge in [-0.15, -0.1) is 0 Å². The maximum atomic E-state index is 4.60. The molecule has 0 spiro atoms. The molecule has 0 bridgehead atoms. The summed E-state index contributed by atoms with van der Waals surface area (Å²) in [5.41, 5.74) is 13.1. The summed E-state index contributed by atoms with van der Waals surface area (Å²) in [4.78, 5) is 26.7. The van der Waals surface area contributed by atoms with Crippen LogP contribution in [-0.4, -0.2) is 73.6 Å². The monoisotopic (exact) mass is 1760 g/mol. The first-order valence-electron chi connectivity index (χ1n) is 32.7. The van der Waals surface area contributed by atoms with Crippen molar-refractivity contribution >= 4 is 207 Å². The first-order valence-corrected chi connectivity index (χ1v) is 32.7. The number of pyridine rings is 6. The average molecular weight is 1760 g/mol. The van der Waals surface area contributed by atoms with E-state index in [1.165, 1.54) is 86.5 Å². The van der Waals surface area contributed by atoms with Gasteiger partial charge in [0.1, 0.15) is 36.4 Å². The summed E-state index contributed by atoms with van der Waals surface area (Å²) in [5, 5.41) is 22.8. The van der Waals surface area contributed by atoms with Gasteiger partial charge in [0.15, 0.2) is 7.28 Å². The molecule has 0 aliphatic rings. The summed E-state index contributed by atoms with van der Waals surface area (Å²) in [6.45, 7) is 12.3. The summed E-state index contributed by atoms with van der Waals surface area (Å²) < 4.78 is 0. The van der Waals surface area contributed by atoms with Crippen LogP contribution in [0.15, 0.2) is 292 Å². The van der Waals surface area contributed by atoms with Crippen LogP contribution in [0.25, 0.3) is 130 Å². The van der Waals surface area contributed by atoms with Crippen LogP contribution in [0.2, 0.25) is 40.9 Å². The van der Waals surface area contributed by atoms with E-state index in [1.807, 2.05) is 89.1 Å². The Morgan fingerprint density at radius 1 is 0.206 bits per heavy atom. The van der Waals surface area contributed by atoms with Crippen molar-refractivity contribution in [3.05, 3.63) is 292 Å². The molecule has 0 fully saturated rings. The molecule has 0 unspecified atom stereocenters. The summed E-state index contributed by atoms with van der Waals surface area (Å²) in [5.74, 6) is 0. The number of hydrogen-bond donors (Lipinski definition) is 0. The van der Waals surface area contributed by atoms with Crippen molar-refractivity contribution in [1.82, 2.24) is 29.9 Å². The normalized spacial score (nSPS) is 10.2. The fourth-order valence-corrected chi connectivity index (χ4v) is 12.6. The van der Waals surface area contributed by atoms with Crippen molar-refractivity contribution in [2.45, 2.75) is 40.9 Å². The number of nitrogens with zero attached hydrogens (tertiary/aromatic N) is 6. The minimum absolute atomic E-state index is 0. The third kappa shape index (κ3) is 19.9. The molecule has 12 radical (unpaired) electrons. The van der Waals surface area contributed by atoms with Gasteiger partial charge >= 0.3 is 0 Å². The molecule has 0 aliphatic heterocycles. The number of rotatable bonds is 6. The summed E-state index contributed by atoms with van der Waals surface area (Å²) in [6, 6.07) is 91.4. The molecule has 18 rings (SSSR count). The Balaban J connectivity index is 0.000000170. The Labute approximate surface area is 754 Å². The summed E-state index contributed by atoms with van der Waals surface area (Å²) in [6.07, 6.45) is 9.13. The van der Waals surface area contributed by atoms with Crippen LogP contribution in [0.3, 0.4) is 0 Å². The Morgan fingerprint density at radius 3 is 1.15 bits per heavy atom. The molecular weight excluding hydrogens is 1690 g/mol. The maximum absolute atomic E-state index is 4.60. The van der Waals surface area contributed by atoms with Gasteiger partial charge in [0.05, 0.1) is 33.1 Å². The molecule has 6 heterocycles. The van der Waals surface area contributed by atoms with E-state index in [1.54, 1.807) is 0 Å². The van der Waals surface area contributed by atoms with Gasteiger partial charge in [0.2, 0.25) is 0 Å². The van der Waals surface area contributed by atoms with Gasteiger partial charge in [-0.1, -0.05) is 305 Å². The zero-order chi connectivity index (χ0) is 65.7. The second-order valence-electron chi connectivity index (χ2n) is 23.4. The van der Waals surface area contributed by atoms with Crippen molar-refractivity contribution in [2.75, 3.05) is 0 Å². The van der Waals surface area contributed by atoms with Crippen LogP contribution in [-0.2, 0) is 196 Å². The van der Waals surface area contributed by atoms with Crippen molar-refractivity contribution in [1.29, 1.82) is 0 Å². The second kappa shape index (κ2) is 41.7. The Bertz CT molecular complexity index is 5460. The second-order valence-corrected chi connectivity index (χ2v) is 23.4. The van der Waals surface area contributed by atoms with E-state index in [0.29, 0.717) is 0 Å². The SMILES string of the molecule is C[B]c1cc2ccccc2c2ccccc12.C[B]c1cc2cccnc2c2ncccc12.C[B]c1ccc2c(ccc3ccccc32)c1.C[B]c1ccc2ccc3ccccc3c2c1.C[B]c1ccc2ccc3cccnc3c2n1.C[B]c1cnc2c(ccc3cccnc32)c1.[Y].[Y].[Y].[Y].[Y].[Y]. The van der Waals surface area contributed by atoms with Crippen molar-refractivity contribution in [3.8, 4) is 0 Å². The van der Waals surface area contributed by atoms with Crippen LogP contribution in [0.5, 0.6) is 0 Å². The van der Waals surface area contributed by atoms with Crippen molar-refractivity contribution < 1.29 is 196 Å². The molecule has 0 amide bonds. The van der Waals surface area contributed by atoms with Gasteiger partial charge in [0, 0.05) is 254 Å². The molecule has 12 aromatic carbocycles. The Kier molecular flexibility index (Phi) is 34.7. The van der Waals surface area contributed by atoms with E-state index in [2.05, 4.69) is 317 Å². The van der Waals surface area contributed by atoms with E-state index >= 15 is 0 Å². The van der Waals surface area contributed by atoms with Crippen LogP contribution < -0.4 is 32.9 Å². The van der Waals surface area contributed by atoms with E-state index in [-0.39, 0.29) is 196 Å². The smallest absolute Gasteiger partial charge is 0.174 e. The van der Waals surface area contributed by atoms with E-state index in [0.717, 1.165) is 76.5 Å². The molecule has 102 heavy (non-hydrogen) atoms. The average Bonchev–Trinajstić information content (AvgIpc) is 0.808. The molecule has 0 N–H and O–H groups in total. The standard InChI is InChI=1S/3C15H12B.3C13H10BN2.6Y/c1-16-15-10-11-6-2-3-7-12(11)13-8-4-5-9-14(13)15;1-16-13-8-9-15-12(10-13)7-6-11-4-2-3-5-14(11)15;1-16-13-9-8-12-7-6-11-4-2-3-5-14(11)15(12)10-13;1-14-11-8-9-4-2-6-15-12(9)13-10(11)5-3-7-16-13;1-14-11-7-6-10-5-4-9-3-2-8-15-12(9)13(10)16-11;1-14-11-7-10-5-4-9-3-2-6-15-12(9)13(10)16-8-11;;;;;;/h3*2-10H,1H3;3*2-8H,1H3;;;;;;. The summed E-state index contributed by atoms with van der Waals surface area (Å²) in [7, 11) is 12.6. The first kappa shape index (κ1) is 84.9. The van der Waals surface area contributed by atoms with Crippen molar-refractivity contribution in [2.24, 2.45) is 0 Å². The molecule has 0 saturated carbocycles. The zero-order valence-corrected chi connectivity index (χ0v) is 75.4. The molecule has 468 valence electrons. The number of aromatic nitrogens is 6. The topological polar surface area (TPSA) is 77.3 Å². The van der Waals surface area contributed by atoms with Crippen LogP contribution in [0.1, 0.15) is 0 Å². The third-order valence-corrected chi connectivity index (χ3v) is 17.6. The van der Waals surface area contributed by atoms with Crippen molar-refractivity contribution in [3.63, 3.8) is 0 Å². The molecule has 6 nitrogen and oxygen atoms in total. The first-order chi connectivity index (χ1) is 47.3. The van der Waals surface area contributed by atoms with E-state index in [9.17, 15) is 0 Å². The number of fused-ring (bicyclic) bond motifs is 18. The van der Waals surface area contributed by atoms with Gasteiger partial charge in [-0.3, -0.25) is 29.9 Å². The zero-order valence-electron chi connectivity index (χ0n) is 58.3. The molecule has 0 atom stereocenters. The molecular formula is C84H66B6N6Y6. The van der Waals surface area contributed by atoms with E-state index < -0.39 is 0 Å². The van der Waals surface area contributed by atoms with Gasteiger partial charge < -0.3 is 0 Å². The Morgan fingerprint density at radius 2 is 0.549 bits per heavy atom. The predicted octanol–water partition coefficient (Wildman–Crippen LogP) is 16.6. The Hall–Kier alpha value is -4.33. The van der Waals surface area contributed by atoms with Gasteiger partial charge in [0.25, 0.3) is 0 Å². The molecule has 0 aliphatic carbocycles. The summed E-state index contributed by atoms with van der Waals surface area (Å²) >= 11 is 0. The van der Waals surface area contributed by atoms with Crippen LogP contribution in [0.4, 0.5) is 0 Å². The predicted molar refractivity (Wildman–Crippen MR) is 423 cm³/mol. The fourth-order valence-electron chi connectivity index (χ4n) is 12.6. The quantitative estimate of drug-likeness (QED) is 0.122. The largest absolute Gasteiger partial charge is 0.261 e. The number of hydrogen-bond acceptors (Lipinski definition) is 6. The van der Waals surface area contributed by atoms with Crippen LogP contribution >= 0.6 is 0 Å². The molecule has 6 aromatic heterocycles. The minimum Gasteiger partial charge on any atom is -0.261 e. The minimum atomic E-state index is 0. The number of benzene rings is 12. The van der Waals surface area contributed by atoms with Gasteiger partial charge in [-0.2, -0.15) is 0 Å². The molecule has 18 aromatic rings. The van der Waals surface area contributed by atoms with Gasteiger partial charge in [-0.25, -0.2) is 0 Å². The van der Waals surface area contributed by atoms with Crippen LogP contribution in [0, 0.1) is 0 Å². The third-order valence-electron chi connectivity index (χ3n) is 17.6.